The van der Waals surface area contributed by atoms with Gasteiger partial charge in [0, 0.05) is 6.42 Å². The van der Waals surface area contributed by atoms with Crippen molar-refractivity contribution in [1.82, 2.24) is 0 Å². The van der Waals surface area contributed by atoms with Crippen LogP contribution in [-0.2, 0) is 4.79 Å². The number of rotatable bonds is 8. The largest absolute Gasteiger partial charge is 0.481 e. The fourth-order valence-electron chi connectivity index (χ4n) is 1.19. The van der Waals surface area contributed by atoms with Gasteiger partial charge >= 0.3 is 5.97 Å². The predicted molar refractivity (Wildman–Crippen MR) is 79.7 cm³/mol. The maximum atomic E-state index is 10.3. The molecule has 0 aliphatic carbocycles. The van der Waals surface area contributed by atoms with E-state index in [1.165, 1.54) is 0 Å². The standard InChI is InChI=1S/C14H20O2.C2H6/c1-5-13(10-12(4)11(2)3)8-6-7-9-14(15)16;1-2/h5,10H,1-2,4,6-9H2,3H3,(H,15,16);1-2H3/b13-10+;. The molecule has 0 heterocycles. The fourth-order valence-corrected chi connectivity index (χ4v) is 1.19. The number of hydrogen-bond donors (Lipinski definition) is 1. The quantitative estimate of drug-likeness (QED) is 0.491. The molecule has 0 amide bonds. The van der Waals surface area contributed by atoms with Crippen LogP contribution in [0.4, 0.5) is 0 Å². The Morgan fingerprint density at radius 2 is 1.67 bits per heavy atom. The lowest BCUT2D eigenvalue weighted by Crippen LogP contribution is -1.94. The third-order valence-corrected chi connectivity index (χ3v) is 2.28. The van der Waals surface area contributed by atoms with Crippen molar-refractivity contribution in [2.45, 2.75) is 46.5 Å². The zero-order chi connectivity index (χ0) is 14.6. The van der Waals surface area contributed by atoms with Crippen LogP contribution in [0, 0.1) is 0 Å². The van der Waals surface area contributed by atoms with E-state index in [1.54, 1.807) is 6.08 Å². The number of aliphatic carboxylic acids is 1. The molecule has 0 saturated carbocycles. The SMILES string of the molecule is C=C/C(=C\C(=C)C(=C)C)CCCCC(=O)O.CC. The van der Waals surface area contributed by atoms with Gasteiger partial charge in [0.2, 0.25) is 0 Å². The first kappa shape index (κ1) is 18.8. The minimum Gasteiger partial charge on any atom is -0.481 e. The number of carbonyl (C=O) groups is 1. The molecule has 18 heavy (non-hydrogen) atoms. The van der Waals surface area contributed by atoms with Crippen LogP contribution in [0.1, 0.15) is 46.5 Å². The average Bonchev–Trinajstić information content (AvgIpc) is 2.34. The van der Waals surface area contributed by atoms with Gasteiger partial charge in [-0.2, -0.15) is 0 Å². The van der Waals surface area contributed by atoms with Crippen molar-refractivity contribution in [3.8, 4) is 0 Å². The van der Waals surface area contributed by atoms with E-state index in [-0.39, 0.29) is 6.42 Å². The summed E-state index contributed by atoms with van der Waals surface area (Å²) in [4.78, 5) is 10.3. The van der Waals surface area contributed by atoms with Crippen molar-refractivity contribution >= 4 is 5.97 Å². The predicted octanol–water partition coefficient (Wildman–Crippen LogP) is 4.90. The van der Waals surface area contributed by atoms with E-state index in [4.69, 9.17) is 5.11 Å². The average molecular weight is 250 g/mol. The number of allylic oxidation sites excluding steroid dienone is 5. The van der Waals surface area contributed by atoms with Gasteiger partial charge in [0.1, 0.15) is 0 Å². The molecule has 0 aromatic heterocycles. The molecule has 0 aliphatic heterocycles. The van der Waals surface area contributed by atoms with Gasteiger partial charge in [-0.05, 0) is 37.3 Å². The van der Waals surface area contributed by atoms with Crippen LogP contribution >= 0.6 is 0 Å². The summed E-state index contributed by atoms with van der Waals surface area (Å²) in [6.45, 7) is 17.3. The zero-order valence-electron chi connectivity index (χ0n) is 12.0. The molecule has 0 fully saturated rings. The normalized spacial score (nSPS) is 10.1. The summed E-state index contributed by atoms with van der Waals surface area (Å²) in [5, 5.41) is 8.49. The van der Waals surface area contributed by atoms with Gasteiger partial charge in [-0.25, -0.2) is 0 Å². The first-order chi connectivity index (χ1) is 8.47. The lowest BCUT2D eigenvalue weighted by molar-refractivity contribution is -0.137. The molecule has 0 saturated heterocycles. The first-order valence-corrected chi connectivity index (χ1v) is 6.37. The summed E-state index contributed by atoms with van der Waals surface area (Å²) < 4.78 is 0. The maximum absolute atomic E-state index is 10.3. The lowest BCUT2D eigenvalue weighted by atomic mass is 10.0. The highest BCUT2D eigenvalue weighted by Crippen LogP contribution is 2.15. The van der Waals surface area contributed by atoms with E-state index in [1.807, 2.05) is 26.8 Å². The van der Waals surface area contributed by atoms with Crippen molar-refractivity contribution in [2.24, 2.45) is 0 Å². The molecule has 0 atom stereocenters. The minimum atomic E-state index is -0.740. The Balaban J connectivity index is 0. The van der Waals surface area contributed by atoms with E-state index >= 15 is 0 Å². The monoisotopic (exact) mass is 250 g/mol. The summed E-state index contributed by atoms with van der Waals surface area (Å²) in [5.74, 6) is -0.740. The fraction of sp³-hybridized carbons (Fsp3) is 0.438. The topological polar surface area (TPSA) is 37.3 Å². The Labute approximate surface area is 111 Å². The van der Waals surface area contributed by atoms with E-state index < -0.39 is 5.97 Å². The van der Waals surface area contributed by atoms with Gasteiger partial charge in [-0.15, -0.1) is 0 Å². The van der Waals surface area contributed by atoms with Crippen molar-refractivity contribution in [3.05, 3.63) is 48.6 Å². The number of carboxylic acids is 1. The third-order valence-electron chi connectivity index (χ3n) is 2.28. The van der Waals surface area contributed by atoms with Crippen molar-refractivity contribution in [2.75, 3.05) is 0 Å². The van der Waals surface area contributed by atoms with Crippen LogP contribution in [0.3, 0.4) is 0 Å². The summed E-state index contributed by atoms with van der Waals surface area (Å²) in [7, 11) is 0. The molecule has 1 N–H and O–H groups in total. The molecule has 0 unspecified atom stereocenters. The van der Waals surface area contributed by atoms with E-state index in [9.17, 15) is 4.79 Å². The van der Waals surface area contributed by atoms with Crippen LogP contribution in [0.25, 0.3) is 0 Å². The smallest absolute Gasteiger partial charge is 0.303 e. The van der Waals surface area contributed by atoms with Crippen molar-refractivity contribution in [3.63, 3.8) is 0 Å². The molecule has 0 aromatic carbocycles. The Bertz CT molecular complexity index is 322. The molecule has 2 heteroatoms. The Kier molecular flexibility index (Phi) is 12.4. The van der Waals surface area contributed by atoms with E-state index in [0.717, 1.165) is 29.6 Å². The summed E-state index contributed by atoms with van der Waals surface area (Å²) in [6, 6.07) is 0. The van der Waals surface area contributed by atoms with Gasteiger partial charge in [-0.3, -0.25) is 4.79 Å². The van der Waals surface area contributed by atoms with Crippen molar-refractivity contribution < 1.29 is 9.90 Å². The summed E-state index contributed by atoms with van der Waals surface area (Å²) in [6.07, 6.45) is 6.35. The second-order valence-electron chi connectivity index (χ2n) is 3.83. The number of unbranched alkanes of at least 4 members (excludes halogenated alkanes) is 1. The van der Waals surface area contributed by atoms with Crippen LogP contribution in [0.5, 0.6) is 0 Å². The molecule has 2 nitrogen and oxygen atoms in total. The molecule has 0 rings (SSSR count). The highest BCUT2D eigenvalue weighted by molar-refractivity contribution is 5.66. The highest BCUT2D eigenvalue weighted by Gasteiger charge is 1.99. The van der Waals surface area contributed by atoms with Gasteiger partial charge in [-0.1, -0.05) is 51.3 Å². The molecule has 102 valence electrons. The van der Waals surface area contributed by atoms with Crippen LogP contribution in [-0.4, -0.2) is 11.1 Å². The third kappa shape index (κ3) is 10.9. The second kappa shape index (κ2) is 11.9. The Morgan fingerprint density at radius 3 is 2.06 bits per heavy atom. The van der Waals surface area contributed by atoms with Gasteiger partial charge < -0.3 is 5.11 Å². The molecule has 0 aliphatic rings. The molecule has 0 radical (unpaired) electrons. The first-order valence-electron chi connectivity index (χ1n) is 6.37. The van der Waals surface area contributed by atoms with Gasteiger partial charge in [0.15, 0.2) is 0 Å². The van der Waals surface area contributed by atoms with E-state index in [0.29, 0.717) is 6.42 Å². The maximum Gasteiger partial charge on any atom is 0.303 e. The molecule has 0 spiro atoms. The number of carboxylic acid groups (broad SMARTS) is 1. The van der Waals surface area contributed by atoms with Gasteiger partial charge in [0.25, 0.3) is 0 Å². The molecular formula is C16H26O2. The summed E-state index contributed by atoms with van der Waals surface area (Å²) >= 11 is 0. The van der Waals surface area contributed by atoms with Crippen molar-refractivity contribution in [1.29, 1.82) is 0 Å². The Morgan fingerprint density at radius 1 is 1.17 bits per heavy atom. The van der Waals surface area contributed by atoms with Crippen LogP contribution in [0.15, 0.2) is 48.6 Å². The second-order valence-corrected chi connectivity index (χ2v) is 3.83. The minimum absolute atomic E-state index is 0.228. The Hall–Kier alpha value is -1.57. The summed E-state index contributed by atoms with van der Waals surface area (Å²) in [5.41, 5.74) is 2.91. The molecule has 0 aromatic rings. The van der Waals surface area contributed by atoms with Crippen LogP contribution in [0.2, 0.25) is 0 Å². The molecule has 0 bridgehead atoms. The number of hydrogen-bond acceptors (Lipinski definition) is 1. The van der Waals surface area contributed by atoms with E-state index in [2.05, 4.69) is 19.7 Å². The van der Waals surface area contributed by atoms with Gasteiger partial charge in [0.05, 0.1) is 0 Å². The highest BCUT2D eigenvalue weighted by atomic mass is 16.4. The zero-order valence-corrected chi connectivity index (χ0v) is 12.0. The lowest BCUT2D eigenvalue weighted by Gasteiger charge is -2.03. The van der Waals surface area contributed by atoms with Crippen LogP contribution < -0.4 is 0 Å². The molecular weight excluding hydrogens is 224 g/mol.